The molecule has 1 atom stereocenters. The van der Waals surface area contributed by atoms with Crippen molar-refractivity contribution in [1.29, 1.82) is 0 Å². The fraction of sp³-hybridized carbons (Fsp3) is 0.200. The second kappa shape index (κ2) is 6.55. The van der Waals surface area contributed by atoms with Crippen molar-refractivity contribution < 1.29 is 9.90 Å². The molecule has 0 aliphatic heterocycles. The lowest BCUT2D eigenvalue weighted by atomic mass is 10.1. The van der Waals surface area contributed by atoms with E-state index in [2.05, 4.69) is 27.4 Å². The van der Waals surface area contributed by atoms with Crippen LogP contribution in [0.25, 0.3) is 0 Å². The number of amides is 1. The fourth-order valence-corrected chi connectivity index (χ4v) is 1.71. The number of hydrogen-bond acceptors (Lipinski definition) is 3. The van der Waals surface area contributed by atoms with E-state index < -0.39 is 0 Å². The molecule has 3 N–H and O–H groups in total. The lowest BCUT2D eigenvalue weighted by Crippen LogP contribution is -2.26. The van der Waals surface area contributed by atoms with Gasteiger partial charge in [-0.2, -0.15) is 5.10 Å². The van der Waals surface area contributed by atoms with Gasteiger partial charge in [0.25, 0.3) is 5.91 Å². The number of H-pyrrole nitrogens is 1. The van der Waals surface area contributed by atoms with E-state index >= 15 is 0 Å². The van der Waals surface area contributed by atoms with Gasteiger partial charge >= 0.3 is 0 Å². The second-order valence-electron chi connectivity index (χ2n) is 4.26. The summed E-state index contributed by atoms with van der Waals surface area (Å²) in [6.07, 6.45) is 3.43. The summed E-state index contributed by atoms with van der Waals surface area (Å²) in [5.74, 6) is 5.19. The molecule has 2 rings (SSSR count). The molecule has 1 aromatic heterocycles. The fourth-order valence-electron chi connectivity index (χ4n) is 1.71. The molecule has 20 heavy (non-hydrogen) atoms. The van der Waals surface area contributed by atoms with Gasteiger partial charge in [-0.3, -0.25) is 9.89 Å². The summed E-state index contributed by atoms with van der Waals surface area (Å²) in [7, 11) is 0. The Morgan fingerprint density at radius 2 is 2.20 bits per heavy atom. The number of benzene rings is 1. The summed E-state index contributed by atoms with van der Waals surface area (Å²) in [5.41, 5.74) is 2.25. The molecule has 1 unspecified atom stereocenters. The first-order chi connectivity index (χ1) is 9.70. The van der Waals surface area contributed by atoms with Crippen LogP contribution in [0.4, 0.5) is 0 Å². The largest absolute Gasteiger partial charge is 0.384 e. The summed E-state index contributed by atoms with van der Waals surface area (Å²) >= 11 is 0. The van der Waals surface area contributed by atoms with Crippen molar-refractivity contribution in [2.75, 3.05) is 6.61 Å². The molecule has 0 saturated heterocycles. The summed E-state index contributed by atoms with van der Waals surface area (Å²) in [5, 5.41) is 18.1. The molecule has 5 nitrogen and oxygen atoms in total. The van der Waals surface area contributed by atoms with Crippen LogP contribution in [-0.2, 0) is 0 Å². The van der Waals surface area contributed by atoms with E-state index in [0.717, 1.165) is 11.1 Å². The maximum absolute atomic E-state index is 12.1. The molecular weight excluding hydrogens is 254 g/mol. The molecule has 0 fully saturated rings. The van der Waals surface area contributed by atoms with Crippen LogP contribution >= 0.6 is 0 Å². The third kappa shape index (κ3) is 3.46. The standard InChI is InChI=1S/C15H15N3O2/c1-11(14-9-16-17-10-14)18-15(20)13-6-4-12(5-7-13)3-2-8-19/h4-7,9-11,19H,8H2,1H3,(H,16,17)(H,18,20). The third-order valence-electron chi connectivity index (χ3n) is 2.83. The molecule has 0 bridgehead atoms. The zero-order valence-electron chi connectivity index (χ0n) is 11.1. The minimum atomic E-state index is -0.176. The number of carbonyl (C=O) groups excluding carboxylic acids is 1. The maximum Gasteiger partial charge on any atom is 0.251 e. The highest BCUT2D eigenvalue weighted by atomic mass is 16.2. The number of nitrogens with one attached hydrogen (secondary N) is 2. The maximum atomic E-state index is 12.1. The summed E-state index contributed by atoms with van der Waals surface area (Å²) < 4.78 is 0. The molecule has 0 saturated carbocycles. The zero-order valence-corrected chi connectivity index (χ0v) is 11.1. The van der Waals surface area contributed by atoms with Crippen LogP contribution < -0.4 is 5.32 Å². The molecule has 5 heteroatoms. The number of nitrogens with zero attached hydrogens (tertiary/aromatic N) is 1. The Morgan fingerprint density at radius 1 is 1.45 bits per heavy atom. The van der Waals surface area contributed by atoms with Crippen LogP contribution in [0.2, 0.25) is 0 Å². The van der Waals surface area contributed by atoms with Crippen molar-refractivity contribution in [3.8, 4) is 11.8 Å². The average Bonchev–Trinajstić information content (AvgIpc) is 3.00. The molecule has 2 aromatic rings. The van der Waals surface area contributed by atoms with E-state index in [9.17, 15) is 4.79 Å². The Morgan fingerprint density at radius 3 is 2.80 bits per heavy atom. The highest BCUT2D eigenvalue weighted by Gasteiger charge is 2.11. The third-order valence-corrected chi connectivity index (χ3v) is 2.83. The normalized spacial score (nSPS) is 11.3. The van der Waals surface area contributed by atoms with E-state index in [-0.39, 0.29) is 18.6 Å². The molecule has 0 aliphatic rings. The summed E-state index contributed by atoms with van der Waals surface area (Å²) in [4.78, 5) is 12.1. The molecule has 1 aromatic carbocycles. The monoisotopic (exact) mass is 269 g/mol. The van der Waals surface area contributed by atoms with Crippen molar-refractivity contribution in [2.45, 2.75) is 13.0 Å². The van der Waals surface area contributed by atoms with E-state index in [1.165, 1.54) is 0 Å². The molecular formula is C15H15N3O2. The average molecular weight is 269 g/mol. The van der Waals surface area contributed by atoms with Gasteiger partial charge in [0.1, 0.15) is 6.61 Å². The van der Waals surface area contributed by atoms with Gasteiger partial charge in [-0.25, -0.2) is 0 Å². The number of hydrogen-bond donors (Lipinski definition) is 3. The van der Waals surface area contributed by atoms with Gasteiger partial charge in [0, 0.05) is 22.9 Å². The highest BCUT2D eigenvalue weighted by molar-refractivity contribution is 5.94. The van der Waals surface area contributed by atoms with Crippen LogP contribution in [0.3, 0.4) is 0 Å². The minimum absolute atomic E-state index is 0.116. The minimum Gasteiger partial charge on any atom is -0.384 e. The Bertz CT molecular complexity index is 621. The molecule has 1 heterocycles. The first-order valence-electron chi connectivity index (χ1n) is 6.20. The van der Waals surface area contributed by atoms with Crippen LogP contribution in [0.5, 0.6) is 0 Å². The lowest BCUT2D eigenvalue weighted by Gasteiger charge is -2.11. The molecule has 102 valence electrons. The Labute approximate surface area is 117 Å². The van der Waals surface area contributed by atoms with Crippen molar-refractivity contribution in [3.05, 3.63) is 53.3 Å². The Kier molecular flexibility index (Phi) is 4.53. The smallest absolute Gasteiger partial charge is 0.251 e. The number of aliphatic hydroxyl groups is 1. The second-order valence-corrected chi connectivity index (χ2v) is 4.26. The molecule has 0 radical (unpaired) electrons. The van der Waals surface area contributed by atoms with Crippen LogP contribution in [0.1, 0.15) is 34.5 Å². The highest BCUT2D eigenvalue weighted by Crippen LogP contribution is 2.11. The van der Waals surface area contributed by atoms with Gasteiger partial charge in [-0.1, -0.05) is 11.8 Å². The van der Waals surface area contributed by atoms with E-state index in [1.54, 1.807) is 36.7 Å². The first kappa shape index (κ1) is 13.8. The van der Waals surface area contributed by atoms with Crippen LogP contribution in [0.15, 0.2) is 36.7 Å². The number of rotatable bonds is 3. The van der Waals surface area contributed by atoms with E-state index in [1.807, 2.05) is 6.92 Å². The van der Waals surface area contributed by atoms with Crippen molar-refractivity contribution in [1.82, 2.24) is 15.5 Å². The van der Waals surface area contributed by atoms with Gasteiger partial charge in [-0.05, 0) is 31.2 Å². The van der Waals surface area contributed by atoms with Crippen molar-refractivity contribution >= 4 is 5.91 Å². The van der Waals surface area contributed by atoms with Gasteiger partial charge in [0.2, 0.25) is 0 Å². The lowest BCUT2D eigenvalue weighted by molar-refractivity contribution is 0.0940. The quantitative estimate of drug-likeness (QED) is 0.734. The number of aromatic nitrogens is 2. The van der Waals surface area contributed by atoms with Crippen LogP contribution in [0, 0.1) is 11.8 Å². The SMILES string of the molecule is CC(NC(=O)c1ccc(C#CCO)cc1)c1cn[nH]c1. The topological polar surface area (TPSA) is 78.0 Å². The predicted octanol–water partition coefficient (Wildman–Crippen LogP) is 1.24. The van der Waals surface area contributed by atoms with Crippen molar-refractivity contribution in [2.24, 2.45) is 0 Å². The van der Waals surface area contributed by atoms with Gasteiger partial charge in [0.05, 0.1) is 12.2 Å². The summed E-state index contributed by atoms with van der Waals surface area (Å²) in [6, 6.07) is 6.80. The van der Waals surface area contributed by atoms with E-state index in [4.69, 9.17) is 5.11 Å². The Balaban J connectivity index is 2.02. The molecule has 0 spiro atoms. The molecule has 1 amide bonds. The van der Waals surface area contributed by atoms with Gasteiger partial charge in [0.15, 0.2) is 0 Å². The Hall–Kier alpha value is -2.58. The zero-order chi connectivity index (χ0) is 14.4. The first-order valence-corrected chi connectivity index (χ1v) is 6.20. The number of aromatic amines is 1. The van der Waals surface area contributed by atoms with Gasteiger partial charge < -0.3 is 10.4 Å². The number of aliphatic hydroxyl groups excluding tert-OH is 1. The summed E-state index contributed by atoms with van der Waals surface area (Å²) in [6.45, 7) is 1.72. The predicted molar refractivity (Wildman–Crippen MR) is 74.9 cm³/mol. The van der Waals surface area contributed by atoms with Crippen LogP contribution in [-0.4, -0.2) is 27.8 Å². The molecule has 0 aliphatic carbocycles. The van der Waals surface area contributed by atoms with Gasteiger partial charge in [-0.15, -0.1) is 0 Å². The van der Waals surface area contributed by atoms with E-state index in [0.29, 0.717) is 5.56 Å². The van der Waals surface area contributed by atoms with Crippen molar-refractivity contribution in [3.63, 3.8) is 0 Å². The number of carbonyl (C=O) groups is 1.